The summed E-state index contributed by atoms with van der Waals surface area (Å²) in [6.07, 6.45) is 3.23. The van der Waals surface area contributed by atoms with Gasteiger partial charge in [-0.15, -0.1) is 0 Å². The Balaban J connectivity index is 1.70. The SMILES string of the molecule is O=C(N[C@@H]1CCOC[C@H]1Oc1ccccn1)c1c[nH]c(=O)c(Cl)c1. The van der Waals surface area contributed by atoms with Gasteiger partial charge in [0.05, 0.1) is 18.2 Å². The van der Waals surface area contributed by atoms with Crippen LogP contribution in [0.25, 0.3) is 0 Å². The van der Waals surface area contributed by atoms with Crippen LogP contribution >= 0.6 is 11.6 Å². The molecule has 0 aromatic carbocycles. The van der Waals surface area contributed by atoms with Gasteiger partial charge in [-0.25, -0.2) is 4.98 Å². The van der Waals surface area contributed by atoms with E-state index in [4.69, 9.17) is 21.1 Å². The largest absolute Gasteiger partial charge is 0.470 e. The Morgan fingerprint density at radius 3 is 3.08 bits per heavy atom. The van der Waals surface area contributed by atoms with Crippen molar-refractivity contribution < 1.29 is 14.3 Å². The Morgan fingerprint density at radius 2 is 2.33 bits per heavy atom. The Hall–Kier alpha value is -2.38. The minimum atomic E-state index is -0.435. The van der Waals surface area contributed by atoms with E-state index in [1.54, 1.807) is 18.3 Å². The standard InChI is InChI=1S/C16H16ClN3O4/c17-11-7-10(8-19-16(11)22)15(21)20-12-4-6-23-9-13(12)24-14-3-1-2-5-18-14/h1-3,5,7-8,12-13H,4,6,9H2,(H,19,22)(H,20,21)/t12-,13-/m1/s1. The number of carbonyl (C=O) groups excluding carboxylic acids is 1. The lowest BCUT2D eigenvalue weighted by molar-refractivity contribution is -0.0153. The van der Waals surface area contributed by atoms with E-state index < -0.39 is 5.56 Å². The first-order valence-electron chi connectivity index (χ1n) is 7.48. The lowest BCUT2D eigenvalue weighted by Crippen LogP contribution is -2.51. The highest BCUT2D eigenvalue weighted by molar-refractivity contribution is 6.30. The molecule has 0 radical (unpaired) electrons. The normalized spacial score (nSPS) is 20.4. The summed E-state index contributed by atoms with van der Waals surface area (Å²) in [5.41, 5.74) is -0.154. The Morgan fingerprint density at radius 1 is 1.46 bits per heavy atom. The first kappa shape index (κ1) is 16.5. The van der Waals surface area contributed by atoms with Gasteiger partial charge < -0.3 is 19.8 Å². The summed E-state index contributed by atoms with van der Waals surface area (Å²) in [5, 5.41) is 2.87. The Bertz CT molecular complexity index is 765. The second-order valence-electron chi connectivity index (χ2n) is 5.33. The first-order valence-corrected chi connectivity index (χ1v) is 7.86. The van der Waals surface area contributed by atoms with Crippen molar-refractivity contribution in [2.45, 2.75) is 18.6 Å². The molecule has 1 saturated heterocycles. The number of H-pyrrole nitrogens is 1. The zero-order chi connectivity index (χ0) is 16.9. The zero-order valence-electron chi connectivity index (χ0n) is 12.7. The zero-order valence-corrected chi connectivity index (χ0v) is 13.5. The molecule has 0 unspecified atom stereocenters. The number of amides is 1. The number of nitrogens with zero attached hydrogens (tertiary/aromatic N) is 1. The first-order chi connectivity index (χ1) is 11.6. The molecular formula is C16H16ClN3O4. The third-order valence-corrected chi connectivity index (χ3v) is 3.93. The third-order valence-electron chi connectivity index (χ3n) is 3.65. The van der Waals surface area contributed by atoms with Crippen molar-refractivity contribution in [1.82, 2.24) is 15.3 Å². The molecule has 3 heterocycles. The van der Waals surface area contributed by atoms with Crippen LogP contribution in [0.15, 0.2) is 41.5 Å². The van der Waals surface area contributed by atoms with E-state index in [0.717, 1.165) is 0 Å². The number of aromatic nitrogens is 2. The number of halogens is 1. The minimum Gasteiger partial charge on any atom is -0.470 e. The van der Waals surface area contributed by atoms with Crippen molar-refractivity contribution in [1.29, 1.82) is 0 Å². The van der Waals surface area contributed by atoms with Crippen LogP contribution in [0.5, 0.6) is 5.88 Å². The smallest absolute Gasteiger partial charge is 0.266 e. The lowest BCUT2D eigenvalue weighted by atomic mass is 10.1. The van der Waals surface area contributed by atoms with Crippen LogP contribution in [0.3, 0.4) is 0 Å². The summed E-state index contributed by atoms with van der Waals surface area (Å²) in [7, 11) is 0. The summed E-state index contributed by atoms with van der Waals surface area (Å²) in [6.45, 7) is 0.882. The quantitative estimate of drug-likeness (QED) is 0.870. The molecule has 7 nitrogen and oxygen atoms in total. The fourth-order valence-electron chi connectivity index (χ4n) is 2.40. The number of nitrogens with one attached hydrogen (secondary N) is 2. The average Bonchev–Trinajstić information content (AvgIpc) is 2.60. The molecule has 3 rings (SSSR count). The van der Waals surface area contributed by atoms with Gasteiger partial charge in [0.15, 0.2) is 0 Å². The van der Waals surface area contributed by atoms with Gasteiger partial charge >= 0.3 is 0 Å². The Kier molecular flexibility index (Phi) is 5.12. The second-order valence-corrected chi connectivity index (χ2v) is 5.74. The van der Waals surface area contributed by atoms with Gasteiger partial charge in [-0.3, -0.25) is 9.59 Å². The van der Waals surface area contributed by atoms with Gasteiger partial charge in [-0.1, -0.05) is 17.7 Å². The van der Waals surface area contributed by atoms with Gasteiger partial charge in [0, 0.05) is 25.1 Å². The van der Waals surface area contributed by atoms with Gasteiger partial charge in [0.1, 0.15) is 11.1 Å². The summed E-state index contributed by atoms with van der Waals surface area (Å²) >= 11 is 5.76. The van der Waals surface area contributed by atoms with Gasteiger partial charge in [0.2, 0.25) is 5.88 Å². The maximum atomic E-state index is 12.4. The number of ether oxygens (including phenoxy) is 2. The van der Waals surface area contributed by atoms with Crippen LogP contribution in [-0.2, 0) is 4.74 Å². The third kappa shape index (κ3) is 3.93. The molecule has 2 N–H and O–H groups in total. The van der Waals surface area contributed by atoms with Crippen LogP contribution < -0.4 is 15.6 Å². The molecule has 0 spiro atoms. The van der Waals surface area contributed by atoms with Crippen molar-refractivity contribution in [3.05, 3.63) is 57.6 Å². The van der Waals surface area contributed by atoms with Gasteiger partial charge in [0.25, 0.3) is 11.5 Å². The highest BCUT2D eigenvalue weighted by Gasteiger charge is 2.29. The average molecular weight is 350 g/mol. The summed E-state index contributed by atoms with van der Waals surface area (Å²) in [4.78, 5) is 30.2. The van der Waals surface area contributed by atoms with Crippen LogP contribution in [0.1, 0.15) is 16.8 Å². The molecule has 24 heavy (non-hydrogen) atoms. The van der Waals surface area contributed by atoms with E-state index in [1.807, 2.05) is 6.07 Å². The number of hydrogen-bond acceptors (Lipinski definition) is 5. The summed E-state index contributed by atoms with van der Waals surface area (Å²) in [5.74, 6) is 0.133. The number of aromatic amines is 1. The summed E-state index contributed by atoms with van der Waals surface area (Å²) in [6, 6.07) is 6.46. The van der Waals surface area contributed by atoms with E-state index in [9.17, 15) is 9.59 Å². The highest BCUT2D eigenvalue weighted by Crippen LogP contribution is 2.16. The van der Waals surface area contributed by atoms with Crippen molar-refractivity contribution >= 4 is 17.5 Å². The van der Waals surface area contributed by atoms with Crippen molar-refractivity contribution in [3.8, 4) is 5.88 Å². The van der Waals surface area contributed by atoms with Crippen molar-refractivity contribution in [2.75, 3.05) is 13.2 Å². The van der Waals surface area contributed by atoms with Crippen molar-refractivity contribution in [3.63, 3.8) is 0 Å². The number of rotatable bonds is 4. The van der Waals surface area contributed by atoms with E-state index in [0.29, 0.717) is 25.5 Å². The van der Waals surface area contributed by atoms with E-state index in [-0.39, 0.29) is 28.6 Å². The van der Waals surface area contributed by atoms with Gasteiger partial charge in [-0.2, -0.15) is 0 Å². The molecule has 1 aliphatic heterocycles. The Labute approximate surface area is 143 Å². The molecule has 0 bridgehead atoms. The molecule has 0 saturated carbocycles. The molecule has 1 aliphatic rings. The molecule has 0 aliphatic carbocycles. The molecule has 2 atom stereocenters. The maximum absolute atomic E-state index is 12.4. The lowest BCUT2D eigenvalue weighted by Gasteiger charge is -2.32. The molecule has 2 aromatic heterocycles. The maximum Gasteiger partial charge on any atom is 0.266 e. The molecular weight excluding hydrogens is 334 g/mol. The predicted octanol–water partition coefficient (Wildman–Crippen LogP) is 1.39. The van der Waals surface area contributed by atoms with E-state index in [1.165, 1.54) is 12.3 Å². The monoisotopic (exact) mass is 349 g/mol. The fourth-order valence-corrected chi connectivity index (χ4v) is 2.58. The van der Waals surface area contributed by atoms with Crippen LogP contribution in [0, 0.1) is 0 Å². The topological polar surface area (TPSA) is 93.3 Å². The molecule has 8 heteroatoms. The predicted molar refractivity (Wildman–Crippen MR) is 87.4 cm³/mol. The van der Waals surface area contributed by atoms with Crippen LogP contribution in [-0.4, -0.2) is 41.2 Å². The van der Waals surface area contributed by atoms with E-state index >= 15 is 0 Å². The molecule has 1 amide bonds. The summed E-state index contributed by atoms with van der Waals surface area (Å²) < 4.78 is 11.2. The number of pyridine rings is 2. The number of carbonyl (C=O) groups is 1. The fraction of sp³-hybridized carbons (Fsp3) is 0.312. The van der Waals surface area contributed by atoms with Crippen molar-refractivity contribution in [2.24, 2.45) is 0 Å². The number of hydrogen-bond donors (Lipinski definition) is 2. The molecule has 2 aromatic rings. The minimum absolute atomic E-state index is 0.0316. The highest BCUT2D eigenvalue weighted by atomic mass is 35.5. The van der Waals surface area contributed by atoms with Crippen LogP contribution in [0.2, 0.25) is 5.02 Å². The molecule has 126 valence electrons. The van der Waals surface area contributed by atoms with Crippen LogP contribution in [0.4, 0.5) is 0 Å². The van der Waals surface area contributed by atoms with E-state index in [2.05, 4.69) is 15.3 Å². The molecule has 1 fully saturated rings. The van der Waals surface area contributed by atoms with Gasteiger partial charge in [-0.05, 0) is 18.6 Å². The second kappa shape index (κ2) is 7.46.